The van der Waals surface area contributed by atoms with Gasteiger partial charge >= 0.3 is 0 Å². The summed E-state index contributed by atoms with van der Waals surface area (Å²) in [5.74, 6) is -0.458. The zero-order valence-corrected chi connectivity index (χ0v) is 9.83. The van der Waals surface area contributed by atoms with Crippen molar-refractivity contribution in [2.75, 3.05) is 0 Å². The van der Waals surface area contributed by atoms with Gasteiger partial charge in [0.05, 0.1) is 6.10 Å². The van der Waals surface area contributed by atoms with Gasteiger partial charge in [-0.05, 0) is 19.4 Å². The Kier molecular flexibility index (Phi) is 8.01. The minimum absolute atomic E-state index is 0.441. The Labute approximate surface area is 92.4 Å². The van der Waals surface area contributed by atoms with Gasteiger partial charge in [-0.2, -0.15) is 0 Å². The first-order chi connectivity index (χ1) is 7.07. The molecule has 0 saturated carbocycles. The van der Waals surface area contributed by atoms with Gasteiger partial charge in [-0.25, -0.2) is 0 Å². The maximum atomic E-state index is 10.7. The molecule has 0 aliphatic rings. The quantitative estimate of drug-likeness (QED) is 0.479. The predicted octanol–water partition coefficient (Wildman–Crippen LogP) is 2.14. The predicted molar refractivity (Wildman–Crippen MR) is 62.3 cm³/mol. The van der Waals surface area contributed by atoms with Gasteiger partial charge in [0.2, 0.25) is 5.91 Å². The molecular weight excluding hydrogens is 190 g/mol. The molecule has 0 bridgehead atoms. The number of aliphatic hydroxyl groups excluding tert-OH is 1. The normalized spacial score (nSPS) is 13.9. The molecule has 0 aromatic carbocycles. The van der Waals surface area contributed by atoms with E-state index < -0.39 is 12.0 Å². The molecule has 1 amide bonds. The number of hydrogen-bond donors (Lipinski definition) is 2. The molecule has 0 aromatic rings. The van der Waals surface area contributed by atoms with E-state index in [1.807, 2.05) is 0 Å². The molecule has 1 atom stereocenters. The van der Waals surface area contributed by atoms with E-state index in [4.69, 9.17) is 5.73 Å². The second-order valence-corrected chi connectivity index (χ2v) is 3.98. The highest BCUT2D eigenvalue weighted by molar-refractivity contribution is 5.91. The average molecular weight is 213 g/mol. The third-order valence-electron chi connectivity index (χ3n) is 2.43. The van der Waals surface area contributed by atoms with E-state index in [2.05, 4.69) is 6.92 Å². The Morgan fingerprint density at radius 3 is 2.47 bits per heavy atom. The second-order valence-electron chi connectivity index (χ2n) is 3.98. The number of carbonyl (C=O) groups excluding carboxylic acids is 1. The third kappa shape index (κ3) is 8.18. The first-order valence-corrected chi connectivity index (χ1v) is 5.74. The van der Waals surface area contributed by atoms with Crippen molar-refractivity contribution >= 4 is 5.91 Å². The Morgan fingerprint density at radius 2 is 1.93 bits per heavy atom. The fraction of sp³-hybridized carbons (Fsp3) is 0.750. The van der Waals surface area contributed by atoms with Crippen molar-refractivity contribution in [2.24, 2.45) is 5.73 Å². The van der Waals surface area contributed by atoms with Gasteiger partial charge in [0, 0.05) is 5.57 Å². The average Bonchev–Trinajstić information content (AvgIpc) is 2.17. The van der Waals surface area contributed by atoms with Crippen LogP contribution in [0.4, 0.5) is 0 Å². The number of rotatable bonds is 8. The molecule has 3 N–H and O–H groups in total. The lowest BCUT2D eigenvalue weighted by molar-refractivity contribution is -0.114. The van der Waals surface area contributed by atoms with Crippen molar-refractivity contribution in [2.45, 2.75) is 58.5 Å². The van der Waals surface area contributed by atoms with Crippen LogP contribution in [0, 0.1) is 0 Å². The van der Waals surface area contributed by atoms with Crippen molar-refractivity contribution in [3.05, 3.63) is 11.6 Å². The summed E-state index contributed by atoms with van der Waals surface area (Å²) in [6, 6.07) is 0. The van der Waals surface area contributed by atoms with E-state index in [0.29, 0.717) is 12.0 Å². The lowest BCUT2D eigenvalue weighted by Gasteiger charge is -2.06. The molecule has 0 aliphatic carbocycles. The highest BCUT2D eigenvalue weighted by atomic mass is 16.3. The number of amides is 1. The van der Waals surface area contributed by atoms with Crippen LogP contribution in [0.1, 0.15) is 52.4 Å². The number of hydrogen-bond acceptors (Lipinski definition) is 2. The lowest BCUT2D eigenvalue weighted by atomic mass is 10.1. The van der Waals surface area contributed by atoms with E-state index in [9.17, 15) is 9.90 Å². The van der Waals surface area contributed by atoms with E-state index in [-0.39, 0.29) is 0 Å². The van der Waals surface area contributed by atoms with E-state index >= 15 is 0 Å². The van der Waals surface area contributed by atoms with Crippen LogP contribution in [0.5, 0.6) is 0 Å². The summed E-state index contributed by atoms with van der Waals surface area (Å²) in [5, 5.41) is 9.54. The molecule has 0 rings (SSSR count). The molecule has 3 heteroatoms. The molecule has 0 radical (unpaired) electrons. The number of carbonyl (C=O) groups is 1. The summed E-state index contributed by atoms with van der Waals surface area (Å²) in [6.07, 6.45) is 7.59. The number of unbranched alkanes of at least 4 members (excludes halogenated alkanes) is 4. The van der Waals surface area contributed by atoms with E-state index in [1.165, 1.54) is 19.3 Å². The van der Waals surface area contributed by atoms with E-state index in [1.54, 1.807) is 13.0 Å². The standard InChI is InChI=1S/C12H23NO2/c1-3-4-5-6-7-8-11(14)9-10(2)12(13)15/h9,11,14H,3-8H2,1-2H3,(H2,13,15). The minimum atomic E-state index is -0.529. The first kappa shape index (κ1) is 14.2. The number of aliphatic hydroxyl groups is 1. The molecule has 88 valence electrons. The Hall–Kier alpha value is -0.830. The zero-order valence-electron chi connectivity index (χ0n) is 9.83. The number of nitrogens with two attached hydrogens (primary N) is 1. The number of primary amides is 1. The van der Waals surface area contributed by atoms with Gasteiger partial charge in [-0.1, -0.05) is 39.0 Å². The smallest absolute Gasteiger partial charge is 0.244 e. The molecule has 15 heavy (non-hydrogen) atoms. The van der Waals surface area contributed by atoms with Crippen LogP contribution < -0.4 is 5.73 Å². The van der Waals surface area contributed by atoms with Gasteiger partial charge in [0.15, 0.2) is 0 Å². The van der Waals surface area contributed by atoms with Crippen LogP contribution in [0.2, 0.25) is 0 Å². The van der Waals surface area contributed by atoms with Gasteiger partial charge in [-0.15, -0.1) is 0 Å². The highest BCUT2D eigenvalue weighted by Gasteiger charge is 2.03. The van der Waals surface area contributed by atoms with Crippen LogP contribution in [-0.4, -0.2) is 17.1 Å². The Morgan fingerprint density at radius 1 is 1.33 bits per heavy atom. The summed E-state index contributed by atoms with van der Waals surface area (Å²) in [5.41, 5.74) is 5.50. The largest absolute Gasteiger partial charge is 0.389 e. The van der Waals surface area contributed by atoms with Crippen LogP contribution in [0.3, 0.4) is 0 Å². The van der Waals surface area contributed by atoms with Crippen molar-refractivity contribution in [1.82, 2.24) is 0 Å². The van der Waals surface area contributed by atoms with Gasteiger partial charge in [0.25, 0.3) is 0 Å². The fourth-order valence-corrected chi connectivity index (χ4v) is 1.41. The van der Waals surface area contributed by atoms with Gasteiger partial charge < -0.3 is 10.8 Å². The van der Waals surface area contributed by atoms with Crippen LogP contribution in [0.25, 0.3) is 0 Å². The van der Waals surface area contributed by atoms with Crippen LogP contribution >= 0.6 is 0 Å². The van der Waals surface area contributed by atoms with Crippen LogP contribution in [-0.2, 0) is 4.79 Å². The summed E-state index contributed by atoms with van der Waals surface area (Å²) >= 11 is 0. The molecule has 0 aromatic heterocycles. The van der Waals surface area contributed by atoms with Crippen molar-refractivity contribution < 1.29 is 9.90 Å². The van der Waals surface area contributed by atoms with E-state index in [0.717, 1.165) is 12.8 Å². The summed E-state index contributed by atoms with van der Waals surface area (Å²) in [7, 11) is 0. The SMILES string of the molecule is CCCCCCCC(O)C=C(C)C(N)=O. The molecule has 0 heterocycles. The molecule has 0 aliphatic heterocycles. The van der Waals surface area contributed by atoms with Gasteiger partial charge in [-0.3, -0.25) is 4.79 Å². The fourth-order valence-electron chi connectivity index (χ4n) is 1.41. The molecule has 0 fully saturated rings. The molecule has 0 spiro atoms. The maximum absolute atomic E-state index is 10.7. The monoisotopic (exact) mass is 213 g/mol. The summed E-state index contributed by atoms with van der Waals surface area (Å²) in [6.45, 7) is 3.80. The molecule has 0 saturated heterocycles. The lowest BCUT2D eigenvalue weighted by Crippen LogP contribution is -2.14. The van der Waals surface area contributed by atoms with Crippen molar-refractivity contribution in [3.8, 4) is 0 Å². The summed E-state index contributed by atoms with van der Waals surface area (Å²) < 4.78 is 0. The molecular formula is C12H23NO2. The zero-order chi connectivity index (χ0) is 11.7. The third-order valence-corrected chi connectivity index (χ3v) is 2.43. The molecule has 1 unspecified atom stereocenters. The summed E-state index contributed by atoms with van der Waals surface area (Å²) in [4.78, 5) is 10.7. The van der Waals surface area contributed by atoms with Crippen LogP contribution in [0.15, 0.2) is 11.6 Å². The Balaban J connectivity index is 3.61. The first-order valence-electron chi connectivity index (χ1n) is 5.74. The topological polar surface area (TPSA) is 63.3 Å². The molecule has 3 nitrogen and oxygen atoms in total. The minimum Gasteiger partial charge on any atom is -0.389 e. The second kappa shape index (κ2) is 8.48. The Bertz CT molecular complexity index is 212. The maximum Gasteiger partial charge on any atom is 0.244 e. The van der Waals surface area contributed by atoms with Crippen molar-refractivity contribution in [1.29, 1.82) is 0 Å². The highest BCUT2D eigenvalue weighted by Crippen LogP contribution is 2.09. The van der Waals surface area contributed by atoms with Crippen molar-refractivity contribution in [3.63, 3.8) is 0 Å². The van der Waals surface area contributed by atoms with Gasteiger partial charge in [0.1, 0.15) is 0 Å².